The van der Waals surface area contributed by atoms with Crippen molar-refractivity contribution in [1.82, 2.24) is 5.43 Å². The zero-order valence-electron chi connectivity index (χ0n) is 11.2. The van der Waals surface area contributed by atoms with E-state index >= 15 is 0 Å². The topological polar surface area (TPSA) is 47.3 Å². The molecule has 1 atom stereocenters. The fourth-order valence-electron chi connectivity index (χ4n) is 1.88. The number of benzene rings is 2. The van der Waals surface area contributed by atoms with E-state index in [4.69, 9.17) is 22.2 Å². The van der Waals surface area contributed by atoms with Gasteiger partial charge in [-0.2, -0.15) is 0 Å². The predicted molar refractivity (Wildman–Crippen MR) is 85.9 cm³/mol. The van der Waals surface area contributed by atoms with E-state index in [-0.39, 0.29) is 11.9 Å². The molecule has 3 nitrogen and oxygen atoms in total. The molecular weight excluding hydrogens is 359 g/mol. The van der Waals surface area contributed by atoms with Crippen LogP contribution in [0.3, 0.4) is 0 Å². The number of ether oxygens (including phenoxy) is 1. The van der Waals surface area contributed by atoms with Crippen LogP contribution >= 0.6 is 27.5 Å². The number of rotatable bonds is 6. The van der Waals surface area contributed by atoms with Crippen LogP contribution in [0.2, 0.25) is 5.02 Å². The van der Waals surface area contributed by atoms with Crippen molar-refractivity contribution in [3.8, 4) is 5.75 Å². The van der Waals surface area contributed by atoms with Crippen molar-refractivity contribution in [3.63, 3.8) is 0 Å². The van der Waals surface area contributed by atoms with Crippen molar-refractivity contribution in [3.05, 3.63) is 63.3 Å². The summed E-state index contributed by atoms with van der Waals surface area (Å²) in [4.78, 5) is 0. The smallest absolute Gasteiger partial charge is 0.126 e. The third-order valence-electron chi connectivity index (χ3n) is 2.96. The van der Waals surface area contributed by atoms with Gasteiger partial charge in [-0.15, -0.1) is 0 Å². The van der Waals surface area contributed by atoms with E-state index < -0.39 is 0 Å². The molecule has 0 aliphatic heterocycles. The molecule has 0 radical (unpaired) electrons. The van der Waals surface area contributed by atoms with Gasteiger partial charge in [0.05, 0.1) is 6.04 Å². The average molecular weight is 374 g/mol. The Bertz CT molecular complexity index is 612. The first kappa shape index (κ1) is 16.2. The Balaban J connectivity index is 1.98. The molecule has 0 heterocycles. The van der Waals surface area contributed by atoms with Crippen LogP contribution in [0.1, 0.15) is 5.56 Å². The van der Waals surface area contributed by atoms with Crippen molar-refractivity contribution in [2.45, 2.75) is 12.5 Å². The molecule has 1 unspecified atom stereocenters. The summed E-state index contributed by atoms with van der Waals surface area (Å²) in [5, 5.41) is 0.600. The maximum absolute atomic E-state index is 13.7. The lowest BCUT2D eigenvalue weighted by atomic mass is 10.1. The fraction of sp³-hybridized carbons (Fsp3) is 0.200. The molecule has 6 heteroatoms. The summed E-state index contributed by atoms with van der Waals surface area (Å²) in [6, 6.07) is 11.7. The summed E-state index contributed by atoms with van der Waals surface area (Å²) in [5.41, 5.74) is 3.21. The Morgan fingerprint density at radius 1 is 1.29 bits per heavy atom. The lowest BCUT2D eigenvalue weighted by Gasteiger charge is -2.17. The predicted octanol–water partition coefficient (Wildman–Crippen LogP) is 3.70. The van der Waals surface area contributed by atoms with Crippen LogP contribution in [0.15, 0.2) is 46.9 Å². The van der Waals surface area contributed by atoms with Gasteiger partial charge in [-0.25, -0.2) is 4.39 Å². The lowest BCUT2D eigenvalue weighted by molar-refractivity contribution is 0.263. The highest BCUT2D eigenvalue weighted by atomic mass is 79.9. The highest BCUT2D eigenvalue weighted by molar-refractivity contribution is 9.10. The Morgan fingerprint density at radius 3 is 2.81 bits per heavy atom. The van der Waals surface area contributed by atoms with Gasteiger partial charge in [0.1, 0.15) is 18.2 Å². The normalized spacial score (nSPS) is 12.2. The SMILES string of the molecule is NNC(COc1cccc(Cl)c1)Cc1cc(Br)ccc1F. The maximum Gasteiger partial charge on any atom is 0.126 e. The molecule has 0 fully saturated rings. The Labute approximate surface area is 136 Å². The second-order valence-electron chi connectivity index (χ2n) is 4.57. The average Bonchev–Trinajstić information content (AvgIpc) is 2.47. The Morgan fingerprint density at radius 2 is 2.10 bits per heavy atom. The molecular formula is C15H15BrClFN2O. The van der Waals surface area contributed by atoms with Crippen LogP contribution in [0, 0.1) is 5.82 Å². The van der Waals surface area contributed by atoms with E-state index in [1.807, 2.05) is 0 Å². The largest absolute Gasteiger partial charge is 0.492 e. The van der Waals surface area contributed by atoms with Gasteiger partial charge in [0.2, 0.25) is 0 Å². The molecule has 21 heavy (non-hydrogen) atoms. The number of nitrogens with one attached hydrogen (secondary N) is 1. The molecule has 2 rings (SSSR count). The van der Waals surface area contributed by atoms with Crippen LogP contribution in [-0.2, 0) is 6.42 Å². The van der Waals surface area contributed by atoms with E-state index in [2.05, 4.69) is 21.4 Å². The molecule has 2 aromatic rings. The van der Waals surface area contributed by atoms with Crippen LogP contribution in [0.5, 0.6) is 5.75 Å². The number of hydrogen-bond acceptors (Lipinski definition) is 3. The highest BCUT2D eigenvalue weighted by Crippen LogP contribution is 2.19. The third kappa shape index (κ3) is 4.97. The Kier molecular flexibility index (Phi) is 5.99. The molecule has 2 aromatic carbocycles. The summed E-state index contributed by atoms with van der Waals surface area (Å²) in [6.07, 6.45) is 0.419. The lowest BCUT2D eigenvalue weighted by Crippen LogP contribution is -2.41. The van der Waals surface area contributed by atoms with Gasteiger partial charge in [-0.05, 0) is 48.4 Å². The van der Waals surface area contributed by atoms with Gasteiger partial charge in [0.15, 0.2) is 0 Å². The Hall–Kier alpha value is -1.14. The second kappa shape index (κ2) is 7.75. The van der Waals surface area contributed by atoms with E-state index in [9.17, 15) is 4.39 Å². The summed E-state index contributed by atoms with van der Waals surface area (Å²) in [7, 11) is 0. The van der Waals surface area contributed by atoms with Gasteiger partial charge in [-0.1, -0.05) is 33.6 Å². The third-order valence-corrected chi connectivity index (χ3v) is 3.69. The second-order valence-corrected chi connectivity index (χ2v) is 5.92. The minimum Gasteiger partial charge on any atom is -0.492 e. The number of halogens is 3. The zero-order chi connectivity index (χ0) is 15.2. The summed E-state index contributed by atoms with van der Waals surface area (Å²) < 4.78 is 20.2. The van der Waals surface area contributed by atoms with E-state index in [0.717, 1.165) is 4.47 Å². The van der Waals surface area contributed by atoms with Gasteiger partial charge in [0, 0.05) is 9.50 Å². The first-order valence-electron chi connectivity index (χ1n) is 6.37. The van der Waals surface area contributed by atoms with Crippen LogP contribution < -0.4 is 16.0 Å². The van der Waals surface area contributed by atoms with E-state index in [1.54, 1.807) is 36.4 Å². The minimum absolute atomic E-state index is 0.215. The van der Waals surface area contributed by atoms with Crippen LogP contribution in [0.4, 0.5) is 4.39 Å². The van der Waals surface area contributed by atoms with Gasteiger partial charge >= 0.3 is 0 Å². The molecule has 0 aromatic heterocycles. The molecule has 0 spiro atoms. The van der Waals surface area contributed by atoms with Crippen LogP contribution in [0.25, 0.3) is 0 Å². The van der Waals surface area contributed by atoms with E-state index in [0.29, 0.717) is 29.4 Å². The van der Waals surface area contributed by atoms with Gasteiger partial charge in [0.25, 0.3) is 0 Å². The molecule has 0 amide bonds. The monoisotopic (exact) mass is 372 g/mol. The quantitative estimate of drug-likeness (QED) is 0.599. The first-order valence-corrected chi connectivity index (χ1v) is 7.54. The number of nitrogens with two attached hydrogens (primary N) is 1. The number of hydrogen-bond donors (Lipinski definition) is 2. The highest BCUT2D eigenvalue weighted by Gasteiger charge is 2.12. The fourth-order valence-corrected chi connectivity index (χ4v) is 2.47. The van der Waals surface area contributed by atoms with Crippen molar-refractivity contribution in [2.75, 3.05) is 6.61 Å². The molecule has 3 N–H and O–H groups in total. The number of hydrazine groups is 1. The molecule has 0 bridgehead atoms. The molecule has 112 valence electrons. The van der Waals surface area contributed by atoms with E-state index in [1.165, 1.54) is 6.07 Å². The molecule has 0 aliphatic rings. The summed E-state index contributed by atoms with van der Waals surface area (Å²) in [5.74, 6) is 5.90. The minimum atomic E-state index is -0.263. The zero-order valence-corrected chi connectivity index (χ0v) is 13.5. The van der Waals surface area contributed by atoms with Crippen molar-refractivity contribution in [2.24, 2.45) is 5.84 Å². The standard InChI is InChI=1S/C15H15BrClFN2O/c16-11-4-5-15(18)10(6-11)7-13(20-19)9-21-14-3-1-2-12(17)8-14/h1-6,8,13,20H,7,9,19H2. The van der Waals surface area contributed by atoms with Gasteiger partial charge < -0.3 is 4.74 Å². The summed E-state index contributed by atoms with van der Waals surface area (Å²) >= 11 is 9.21. The first-order chi connectivity index (χ1) is 10.1. The summed E-state index contributed by atoms with van der Waals surface area (Å²) in [6.45, 7) is 0.308. The van der Waals surface area contributed by atoms with Crippen molar-refractivity contribution >= 4 is 27.5 Å². The van der Waals surface area contributed by atoms with Crippen LogP contribution in [-0.4, -0.2) is 12.6 Å². The molecule has 0 aliphatic carbocycles. The van der Waals surface area contributed by atoms with Gasteiger partial charge in [-0.3, -0.25) is 11.3 Å². The molecule has 0 saturated heterocycles. The van der Waals surface area contributed by atoms with Crippen molar-refractivity contribution in [1.29, 1.82) is 0 Å². The van der Waals surface area contributed by atoms with Crippen molar-refractivity contribution < 1.29 is 9.13 Å². The maximum atomic E-state index is 13.7. The molecule has 0 saturated carbocycles.